The van der Waals surface area contributed by atoms with E-state index in [2.05, 4.69) is 5.32 Å². The van der Waals surface area contributed by atoms with Crippen molar-refractivity contribution in [2.75, 3.05) is 12.4 Å². The molecule has 0 atom stereocenters. The van der Waals surface area contributed by atoms with E-state index in [1.807, 2.05) is 0 Å². The summed E-state index contributed by atoms with van der Waals surface area (Å²) in [6.45, 7) is 3.43. The zero-order valence-electron chi connectivity index (χ0n) is 8.40. The molecule has 0 fully saturated rings. The lowest BCUT2D eigenvalue weighted by Gasteiger charge is -2.12. The summed E-state index contributed by atoms with van der Waals surface area (Å²) in [5, 5.41) is 2.65. The zero-order chi connectivity index (χ0) is 10.7. The molecule has 1 rings (SSSR count). The molecule has 0 aliphatic heterocycles. The molecule has 0 aromatic heterocycles. The van der Waals surface area contributed by atoms with Gasteiger partial charge >= 0.3 is 0 Å². The minimum Gasteiger partial charge on any atom is -0.485 e. The number of anilines is 1. The monoisotopic (exact) mass is 201 g/mol. The van der Waals surface area contributed by atoms with Crippen LogP contribution in [0.15, 0.2) is 12.1 Å². The maximum absolute atomic E-state index is 13.3. The van der Waals surface area contributed by atoms with E-state index in [-0.39, 0.29) is 11.9 Å². The summed E-state index contributed by atoms with van der Waals surface area (Å²) in [5.74, 6) is -1.70. The Morgan fingerprint density at radius 3 is 2.07 bits per heavy atom. The van der Waals surface area contributed by atoms with Crippen LogP contribution in [0, 0.1) is 11.6 Å². The average molecular weight is 201 g/mol. The number of nitrogens with one attached hydrogen (secondary N) is 1. The molecule has 0 aliphatic rings. The molecule has 2 nitrogen and oxygen atoms in total. The number of benzene rings is 1. The summed E-state index contributed by atoms with van der Waals surface area (Å²) in [6.07, 6.45) is -0.251. The summed E-state index contributed by atoms with van der Waals surface area (Å²) in [7, 11) is 1.59. The third-order valence-corrected chi connectivity index (χ3v) is 1.64. The summed E-state index contributed by atoms with van der Waals surface area (Å²) in [4.78, 5) is 0. The van der Waals surface area contributed by atoms with Gasteiger partial charge in [-0.3, -0.25) is 0 Å². The molecule has 0 bridgehead atoms. The van der Waals surface area contributed by atoms with E-state index in [4.69, 9.17) is 4.74 Å². The molecule has 78 valence electrons. The van der Waals surface area contributed by atoms with Crippen molar-refractivity contribution in [1.29, 1.82) is 0 Å². The van der Waals surface area contributed by atoms with E-state index < -0.39 is 11.6 Å². The van der Waals surface area contributed by atoms with Gasteiger partial charge < -0.3 is 10.1 Å². The minimum absolute atomic E-state index is 0.251. The molecular weight excluding hydrogens is 188 g/mol. The molecule has 0 spiro atoms. The molecule has 0 radical (unpaired) electrons. The molecule has 0 saturated carbocycles. The molecule has 0 amide bonds. The minimum atomic E-state index is -0.692. The van der Waals surface area contributed by atoms with Gasteiger partial charge in [0.1, 0.15) is 0 Å². The highest BCUT2D eigenvalue weighted by Gasteiger charge is 2.13. The van der Waals surface area contributed by atoms with Crippen LogP contribution in [0.4, 0.5) is 14.5 Å². The first-order valence-corrected chi connectivity index (χ1v) is 4.38. The molecule has 14 heavy (non-hydrogen) atoms. The molecule has 0 unspecified atom stereocenters. The number of halogens is 2. The molecule has 1 aromatic carbocycles. The van der Waals surface area contributed by atoms with Gasteiger partial charge in [0.05, 0.1) is 6.10 Å². The fourth-order valence-corrected chi connectivity index (χ4v) is 1.05. The lowest BCUT2D eigenvalue weighted by molar-refractivity contribution is 0.219. The van der Waals surface area contributed by atoms with Gasteiger partial charge in [-0.1, -0.05) is 0 Å². The van der Waals surface area contributed by atoms with Crippen molar-refractivity contribution in [3.8, 4) is 5.75 Å². The van der Waals surface area contributed by atoms with Crippen molar-refractivity contribution in [1.82, 2.24) is 0 Å². The van der Waals surface area contributed by atoms with Crippen molar-refractivity contribution in [2.24, 2.45) is 0 Å². The van der Waals surface area contributed by atoms with Crippen LogP contribution in [-0.2, 0) is 0 Å². The van der Waals surface area contributed by atoms with Gasteiger partial charge in [-0.05, 0) is 13.8 Å². The smallest absolute Gasteiger partial charge is 0.191 e. The number of rotatable bonds is 3. The lowest BCUT2D eigenvalue weighted by atomic mass is 10.2. The Morgan fingerprint density at radius 1 is 1.21 bits per heavy atom. The Kier molecular flexibility index (Phi) is 3.28. The first kappa shape index (κ1) is 10.8. The lowest BCUT2D eigenvalue weighted by Crippen LogP contribution is -2.09. The normalized spacial score (nSPS) is 10.4. The van der Waals surface area contributed by atoms with Crippen LogP contribution in [0.3, 0.4) is 0 Å². The first-order valence-electron chi connectivity index (χ1n) is 4.38. The van der Waals surface area contributed by atoms with Crippen molar-refractivity contribution in [3.63, 3.8) is 0 Å². The van der Waals surface area contributed by atoms with Crippen LogP contribution >= 0.6 is 0 Å². The molecule has 4 heteroatoms. The van der Waals surface area contributed by atoms with Crippen molar-refractivity contribution >= 4 is 5.69 Å². The van der Waals surface area contributed by atoms with E-state index in [1.165, 1.54) is 12.1 Å². The quantitative estimate of drug-likeness (QED) is 0.811. The summed E-state index contributed by atoms with van der Waals surface area (Å²) < 4.78 is 31.5. The predicted molar refractivity (Wildman–Crippen MR) is 51.7 cm³/mol. The second-order valence-corrected chi connectivity index (χ2v) is 3.19. The summed E-state index contributed by atoms with van der Waals surface area (Å²) >= 11 is 0. The average Bonchev–Trinajstić information content (AvgIpc) is 2.10. The maximum atomic E-state index is 13.3. The number of hydrogen-bond acceptors (Lipinski definition) is 2. The zero-order valence-corrected chi connectivity index (χ0v) is 8.40. The van der Waals surface area contributed by atoms with Crippen LogP contribution in [0.25, 0.3) is 0 Å². The van der Waals surface area contributed by atoms with Gasteiger partial charge in [0.2, 0.25) is 0 Å². The third kappa shape index (κ3) is 2.34. The van der Waals surface area contributed by atoms with Crippen molar-refractivity contribution in [2.45, 2.75) is 20.0 Å². The fraction of sp³-hybridized carbons (Fsp3) is 0.400. The highest BCUT2D eigenvalue weighted by Crippen LogP contribution is 2.26. The Balaban J connectivity index is 3.05. The fourth-order valence-electron chi connectivity index (χ4n) is 1.05. The van der Waals surface area contributed by atoms with Crippen LogP contribution in [0.5, 0.6) is 5.75 Å². The van der Waals surface area contributed by atoms with E-state index in [9.17, 15) is 8.78 Å². The van der Waals surface area contributed by atoms with Crippen molar-refractivity contribution < 1.29 is 13.5 Å². The van der Waals surface area contributed by atoms with Gasteiger partial charge in [0.25, 0.3) is 0 Å². The highest BCUT2D eigenvalue weighted by atomic mass is 19.1. The van der Waals surface area contributed by atoms with E-state index in [0.717, 1.165) is 0 Å². The third-order valence-electron chi connectivity index (χ3n) is 1.64. The molecule has 1 N–H and O–H groups in total. The molecule has 0 aliphatic carbocycles. The van der Waals surface area contributed by atoms with E-state index >= 15 is 0 Å². The highest BCUT2D eigenvalue weighted by molar-refractivity contribution is 5.47. The van der Waals surface area contributed by atoms with Crippen LogP contribution < -0.4 is 10.1 Å². The van der Waals surface area contributed by atoms with Gasteiger partial charge in [-0.2, -0.15) is 0 Å². The molecule has 0 saturated heterocycles. The molecular formula is C10H13F2NO. The second kappa shape index (κ2) is 4.26. The van der Waals surface area contributed by atoms with E-state index in [0.29, 0.717) is 5.69 Å². The first-order chi connectivity index (χ1) is 6.54. The predicted octanol–water partition coefficient (Wildman–Crippen LogP) is 2.79. The second-order valence-electron chi connectivity index (χ2n) is 3.19. The van der Waals surface area contributed by atoms with Crippen molar-refractivity contribution in [3.05, 3.63) is 23.8 Å². The largest absolute Gasteiger partial charge is 0.485 e. The number of ether oxygens (including phenoxy) is 1. The number of hydrogen-bond donors (Lipinski definition) is 1. The van der Waals surface area contributed by atoms with Gasteiger partial charge in [-0.25, -0.2) is 8.78 Å². The summed E-state index contributed by atoms with van der Waals surface area (Å²) in [6, 6.07) is 2.39. The SMILES string of the molecule is CNc1cc(F)c(OC(C)C)c(F)c1. The van der Waals surface area contributed by atoms with Gasteiger partial charge in [0, 0.05) is 24.9 Å². The Hall–Kier alpha value is -1.32. The maximum Gasteiger partial charge on any atom is 0.191 e. The Bertz CT molecular complexity index is 303. The molecule has 1 aromatic rings. The van der Waals surface area contributed by atoms with Crippen LogP contribution in [-0.4, -0.2) is 13.2 Å². The van der Waals surface area contributed by atoms with Gasteiger partial charge in [0.15, 0.2) is 17.4 Å². The van der Waals surface area contributed by atoms with Crippen LogP contribution in [0.2, 0.25) is 0 Å². The van der Waals surface area contributed by atoms with Gasteiger partial charge in [-0.15, -0.1) is 0 Å². The van der Waals surface area contributed by atoms with Crippen LogP contribution in [0.1, 0.15) is 13.8 Å². The summed E-state index contributed by atoms with van der Waals surface area (Å²) in [5.41, 5.74) is 0.385. The topological polar surface area (TPSA) is 21.3 Å². The molecule has 0 heterocycles. The van der Waals surface area contributed by atoms with E-state index in [1.54, 1.807) is 20.9 Å². The Labute approximate surface area is 81.9 Å². The standard InChI is InChI=1S/C10H13F2NO/c1-6(2)14-10-8(11)4-7(13-3)5-9(10)12/h4-6,13H,1-3H3. The Morgan fingerprint density at radius 2 is 1.71 bits per heavy atom.